The Bertz CT molecular complexity index is 1270. The van der Waals surface area contributed by atoms with Crippen LogP contribution in [0.5, 0.6) is 11.5 Å². The summed E-state index contributed by atoms with van der Waals surface area (Å²) >= 11 is 0. The van der Waals surface area contributed by atoms with Gasteiger partial charge in [-0.05, 0) is 61.0 Å². The molecule has 0 aliphatic carbocycles. The molecule has 1 saturated heterocycles. The number of carbonyl (C=O) groups is 1. The molecule has 0 bridgehead atoms. The summed E-state index contributed by atoms with van der Waals surface area (Å²) in [6, 6.07) is 16.6. The highest BCUT2D eigenvalue weighted by Crippen LogP contribution is 2.38. The maximum Gasteiger partial charge on any atom is 0.573 e. The fourth-order valence-corrected chi connectivity index (χ4v) is 3.86. The fourth-order valence-electron chi connectivity index (χ4n) is 3.86. The third-order valence-electron chi connectivity index (χ3n) is 5.27. The highest BCUT2D eigenvalue weighted by atomic mass is 19.4. The number of benzene rings is 3. The van der Waals surface area contributed by atoms with E-state index in [4.69, 9.17) is 0 Å². The molecule has 1 aliphatic heterocycles. The predicted molar refractivity (Wildman–Crippen MR) is 119 cm³/mol. The smallest absolute Gasteiger partial charge is 0.406 e. The van der Waals surface area contributed by atoms with Crippen LogP contribution in [0, 0.1) is 6.92 Å². The Balaban J connectivity index is 1.66. The second-order valence-electron chi connectivity index (χ2n) is 7.95. The molecule has 1 amide bonds. The second-order valence-corrected chi connectivity index (χ2v) is 7.95. The van der Waals surface area contributed by atoms with Crippen LogP contribution in [-0.4, -0.2) is 24.3 Å². The van der Waals surface area contributed by atoms with Crippen LogP contribution in [0.25, 0.3) is 0 Å². The molecule has 0 radical (unpaired) electrons. The summed E-state index contributed by atoms with van der Waals surface area (Å²) in [7, 11) is 0. The van der Waals surface area contributed by atoms with Crippen molar-refractivity contribution < 1.29 is 40.6 Å². The minimum absolute atomic E-state index is 0.140. The Morgan fingerprint density at radius 3 is 1.92 bits per heavy atom. The van der Waals surface area contributed by atoms with Crippen molar-refractivity contribution in [2.24, 2.45) is 4.99 Å². The third kappa shape index (κ3) is 6.15. The molecule has 0 N–H and O–H groups in total. The van der Waals surface area contributed by atoms with E-state index in [9.17, 15) is 31.1 Å². The van der Waals surface area contributed by atoms with Crippen LogP contribution in [0.4, 0.5) is 37.7 Å². The molecule has 5 nitrogen and oxygen atoms in total. The molecule has 11 heteroatoms. The summed E-state index contributed by atoms with van der Waals surface area (Å²) in [4.78, 5) is 19.1. The zero-order valence-electron chi connectivity index (χ0n) is 18.6. The monoisotopic (exact) mass is 508 g/mol. The van der Waals surface area contributed by atoms with Crippen LogP contribution >= 0.6 is 0 Å². The maximum absolute atomic E-state index is 13.4. The first-order valence-corrected chi connectivity index (χ1v) is 10.6. The molecule has 1 unspecified atom stereocenters. The summed E-state index contributed by atoms with van der Waals surface area (Å²) in [5.41, 5.74) is 2.45. The number of nitrogens with zero attached hydrogens (tertiary/aromatic N) is 2. The van der Waals surface area contributed by atoms with Crippen molar-refractivity contribution in [3.05, 3.63) is 83.9 Å². The Morgan fingerprint density at radius 1 is 0.833 bits per heavy atom. The topological polar surface area (TPSA) is 51.1 Å². The Hall–Kier alpha value is -4.02. The summed E-state index contributed by atoms with van der Waals surface area (Å²) in [5.74, 6) is -1.34. The van der Waals surface area contributed by atoms with Crippen molar-refractivity contribution in [3.63, 3.8) is 0 Å². The SMILES string of the molecule is Cc1cccc(C2CC(=Nc3ccc(OC(F)(F)F)cc3)C(=O)N2c2ccc(OC(F)(F)F)cc2)c1. The normalized spacial score (nSPS) is 17.5. The summed E-state index contributed by atoms with van der Waals surface area (Å²) < 4.78 is 82.5. The van der Waals surface area contributed by atoms with Gasteiger partial charge in [0.1, 0.15) is 17.2 Å². The largest absolute Gasteiger partial charge is 0.573 e. The molecule has 188 valence electrons. The molecule has 1 heterocycles. The highest BCUT2D eigenvalue weighted by molar-refractivity contribution is 6.46. The van der Waals surface area contributed by atoms with Gasteiger partial charge >= 0.3 is 12.7 Å². The second kappa shape index (κ2) is 9.56. The standard InChI is InChI=1S/C25H18F6N2O3/c1-15-3-2-4-16(13-15)22-14-21(32-17-5-9-19(10-6-17)35-24(26,27)28)23(34)33(22)18-7-11-20(12-8-18)36-25(29,30)31/h2-13,22H,14H2,1H3. The van der Waals surface area contributed by atoms with Crippen LogP contribution in [-0.2, 0) is 4.79 Å². The Labute approximate surface area is 201 Å². The molecular weight excluding hydrogens is 490 g/mol. The van der Waals surface area contributed by atoms with Gasteiger partial charge in [0, 0.05) is 12.1 Å². The van der Waals surface area contributed by atoms with E-state index in [1.807, 2.05) is 31.2 Å². The van der Waals surface area contributed by atoms with Crippen LogP contribution < -0.4 is 14.4 Å². The van der Waals surface area contributed by atoms with Crippen molar-refractivity contribution >= 4 is 23.0 Å². The zero-order valence-corrected chi connectivity index (χ0v) is 18.6. The number of aliphatic imine (C=N–C) groups is 1. The van der Waals surface area contributed by atoms with E-state index < -0.39 is 36.2 Å². The van der Waals surface area contributed by atoms with Gasteiger partial charge in [0.2, 0.25) is 0 Å². The molecule has 3 aromatic rings. The number of hydrogen-bond acceptors (Lipinski definition) is 4. The van der Waals surface area contributed by atoms with Crippen LogP contribution in [0.15, 0.2) is 77.8 Å². The summed E-state index contributed by atoms with van der Waals surface area (Å²) in [6.45, 7) is 1.88. The summed E-state index contributed by atoms with van der Waals surface area (Å²) in [6.07, 6.45) is -9.52. The van der Waals surface area contributed by atoms with E-state index in [0.29, 0.717) is 5.69 Å². The number of ether oxygens (including phenoxy) is 2. The lowest BCUT2D eigenvalue weighted by Crippen LogP contribution is -2.29. The number of amides is 1. The third-order valence-corrected chi connectivity index (χ3v) is 5.27. The zero-order chi connectivity index (χ0) is 26.1. The van der Waals surface area contributed by atoms with Crippen LogP contribution in [0.2, 0.25) is 0 Å². The predicted octanol–water partition coefficient (Wildman–Crippen LogP) is 7.04. The number of rotatable bonds is 5. The van der Waals surface area contributed by atoms with Crippen molar-refractivity contribution in [3.8, 4) is 11.5 Å². The number of aryl methyl sites for hydroxylation is 1. The number of hydrogen-bond donors (Lipinski definition) is 0. The van der Waals surface area contributed by atoms with Crippen molar-refractivity contribution in [1.82, 2.24) is 0 Å². The molecule has 1 atom stereocenters. The molecule has 36 heavy (non-hydrogen) atoms. The molecule has 0 spiro atoms. The van der Waals surface area contributed by atoms with Crippen molar-refractivity contribution in [2.75, 3.05) is 4.90 Å². The Morgan fingerprint density at radius 2 is 1.39 bits per heavy atom. The minimum atomic E-state index is -4.85. The van der Waals surface area contributed by atoms with E-state index in [0.717, 1.165) is 35.4 Å². The van der Waals surface area contributed by atoms with E-state index in [1.165, 1.54) is 29.2 Å². The van der Waals surface area contributed by atoms with Crippen LogP contribution in [0.3, 0.4) is 0 Å². The number of anilines is 1. The quantitative estimate of drug-likeness (QED) is 0.348. The summed E-state index contributed by atoms with van der Waals surface area (Å²) in [5, 5.41) is 0. The number of halogens is 6. The van der Waals surface area contributed by atoms with E-state index in [-0.39, 0.29) is 17.8 Å². The van der Waals surface area contributed by atoms with Crippen molar-refractivity contribution in [2.45, 2.75) is 32.1 Å². The average molecular weight is 508 g/mol. The van der Waals surface area contributed by atoms with E-state index in [2.05, 4.69) is 14.5 Å². The van der Waals surface area contributed by atoms with Crippen molar-refractivity contribution in [1.29, 1.82) is 0 Å². The Kier molecular flexibility index (Phi) is 6.66. The van der Waals surface area contributed by atoms with Gasteiger partial charge in [0.25, 0.3) is 5.91 Å². The first-order chi connectivity index (χ1) is 16.9. The first kappa shape index (κ1) is 25.1. The van der Waals surface area contributed by atoms with E-state index >= 15 is 0 Å². The molecule has 0 saturated carbocycles. The van der Waals surface area contributed by atoms with E-state index in [1.54, 1.807) is 0 Å². The fraction of sp³-hybridized carbons (Fsp3) is 0.200. The van der Waals surface area contributed by atoms with Crippen LogP contribution in [0.1, 0.15) is 23.6 Å². The van der Waals surface area contributed by atoms with Gasteiger partial charge in [-0.15, -0.1) is 26.3 Å². The first-order valence-electron chi connectivity index (χ1n) is 10.6. The van der Waals surface area contributed by atoms with Gasteiger partial charge in [-0.2, -0.15) is 0 Å². The van der Waals surface area contributed by atoms with Gasteiger partial charge < -0.3 is 9.47 Å². The lowest BCUT2D eigenvalue weighted by molar-refractivity contribution is -0.275. The minimum Gasteiger partial charge on any atom is -0.406 e. The van der Waals surface area contributed by atoms with Gasteiger partial charge in [-0.1, -0.05) is 29.8 Å². The molecule has 1 aliphatic rings. The number of carbonyl (C=O) groups excluding carboxylic acids is 1. The van der Waals surface area contributed by atoms with Gasteiger partial charge in [0.15, 0.2) is 0 Å². The average Bonchev–Trinajstić information content (AvgIpc) is 3.10. The molecular formula is C25H18F6N2O3. The van der Waals surface area contributed by atoms with Gasteiger partial charge in [0.05, 0.1) is 11.7 Å². The molecule has 3 aromatic carbocycles. The molecule has 1 fully saturated rings. The lowest BCUT2D eigenvalue weighted by atomic mass is 10.0. The highest BCUT2D eigenvalue weighted by Gasteiger charge is 2.39. The lowest BCUT2D eigenvalue weighted by Gasteiger charge is -2.25. The number of alkyl halides is 6. The van der Waals surface area contributed by atoms with Gasteiger partial charge in [-0.25, -0.2) is 4.99 Å². The molecule has 0 aromatic heterocycles. The molecule has 4 rings (SSSR count). The maximum atomic E-state index is 13.4. The van der Waals surface area contributed by atoms with Gasteiger partial charge in [-0.3, -0.25) is 9.69 Å².